The Morgan fingerprint density at radius 1 is 1.32 bits per heavy atom. The van der Waals surface area contributed by atoms with E-state index < -0.39 is 0 Å². The monoisotopic (exact) mass is 324 g/mol. The minimum atomic E-state index is -0.0679. The molecule has 0 saturated heterocycles. The van der Waals surface area contributed by atoms with E-state index in [-0.39, 0.29) is 11.8 Å². The van der Waals surface area contributed by atoms with Crippen LogP contribution in [0.25, 0.3) is 0 Å². The Hall–Kier alpha value is -1.36. The first-order valence-electron chi connectivity index (χ1n) is 6.24. The van der Waals surface area contributed by atoms with Gasteiger partial charge >= 0.3 is 0 Å². The van der Waals surface area contributed by atoms with Crippen LogP contribution in [-0.4, -0.2) is 23.3 Å². The molecule has 0 aliphatic carbocycles. The zero-order valence-electron chi connectivity index (χ0n) is 11.3. The molecule has 1 aliphatic rings. The summed E-state index contributed by atoms with van der Waals surface area (Å²) in [6.07, 6.45) is 0.769. The van der Waals surface area contributed by atoms with E-state index in [0.717, 1.165) is 33.3 Å². The topological polar surface area (TPSA) is 49.4 Å². The second-order valence-electron chi connectivity index (χ2n) is 4.88. The molecular formula is C14H17BrN2O2. The van der Waals surface area contributed by atoms with Crippen molar-refractivity contribution >= 4 is 33.4 Å². The van der Waals surface area contributed by atoms with Crippen molar-refractivity contribution < 1.29 is 9.59 Å². The zero-order chi connectivity index (χ0) is 14.2. The molecule has 1 aromatic rings. The summed E-state index contributed by atoms with van der Waals surface area (Å²) in [5, 5.41) is 2.91. The summed E-state index contributed by atoms with van der Waals surface area (Å²) in [5.41, 5.74) is 4.17. The molecular weight excluding hydrogens is 308 g/mol. The highest BCUT2D eigenvalue weighted by molar-refractivity contribution is 9.10. The second-order valence-corrected chi connectivity index (χ2v) is 5.73. The lowest BCUT2D eigenvalue weighted by Crippen LogP contribution is -2.35. The second kappa shape index (κ2) is 5.33. The van der Waals surface area contributed by atoms with Gasteiger partial charge in [0.05, 0.1) is 0 Å². The van der Waals surface area contributed by atoms with Gasteiger partial charge in [-0.2, -0.15) is 0 Å². The Bertz CT molecular complexity index is 555. The van der Waals surface area contributed by atoms with Crippen LogP contribution in [0.5, 0.6) is 0 Å². The molecule has 0 saturated carbocycles. The van der Waals surface area contributed by atoms with Gasteiger partial charge in [0.25, 0.3) is 0 Å². The number of halogens is 1. The van der Waals surface area contributed by atoms with Crippen LogP contribution in [0.4, 0.5) is 5.69 Å². The fourth-order valence-corrected chi connectivity index (χ4v) is 3.17. The number of amides is 2. The minimum absolute atomic E-state index is 0.0679. The molecule has 19 heavy (non-hydrogen) atoms. The Morgan fingerprint density at radius 2 is 2.00 bits per heavy atom. The van der Waals surface area contributed by atoms with Gasteiger partial charge < -0.3 is 10.2 Å². The van der Waals surface area contributed by atoms with Gasteiger partial charge in [0, 0.05) is 37.1 Å². The molecule has 0 atom stereocenters. The SMILES string of the molecule is CC(=O)Nc1c(C)cc(Br)c2c1CCN(C(C)=O)C2. The maximum atomic E-state index is 11.5. The lowest BCUT2D eigenvalue weighted by Gasteiger charge is -2.31. The molecule has 4 nitrogen and oxygen atoms in total. The Kier molecular flexibility index (Phi) is 3.94. The molecule has 1 aliphatic heterocycles. The number of fused-ring (bicyclic) bond motifs is 1. The first kappa shape index (κ1) is 14.1. The lowest BCUT2D eigenvalue weighted by atomic mass is 9.95. The molecule has 0 radical (unpaired) electrons. The first-order valence-corrected chi connectivity index (χ1v) is 7.03. The highest BCUT2D eigenvalue weighted by atomic mass is 79.9. The normalized spacial score (nSPS) is 14.0. The van der Waals surface area contributed by atoms with E-state index >= 15 is 0 Å². The van der Waals surface area contributed by atoms with E-state index in [1.54, 1.807) is 6.92 Å². The molecule has 5 heteroatoms. The summed E-state index contributed by atoms with van der Waals surface area (Å²) < 4.78 is 1.00. The van der Waals surface area contributed by atoms with Crippen molar-refractivity contribution in [3.63, 3.8) is 0 Å². The van der Waals surface area contributed by atoms with Crippen LogP contribution in [0.1, 0.15) is 30.5 Å². The van der Waals surface area contributed by atoms with Gasteiger partial charge in [0.2, 0.25) is 11.8 Å². The molecule has 0 aromatic heterocycles. The average Bonchev–Trinajstić information content (AvgIpc) is 2.33. The quantitative estimate of drug-likeness (QED) is 0.863. The number of nitrogens with zero attached hydrogens (tertiary/aromatic N) is 1. The summed E-state index contributed by atoms with van der Waals surface area (Å²) in [4.78, 5) is 24.6. The predicted octanol–water partition coefficient (Wildman–Crippen LogP) is 2.62. The van der Waals surface area contributed by atoms with Crippen molar-refractivity contribution in [3.05, 3.63) is 27.2 Å². The Morgan fingerprint density at radius 3 is 2.58 bits per heavy atom. The number of rotatable bonds is 1. The van der Waals surface area contributed by atoms with Gasteiger partial charge in [0.1, 0.15) is 0 Å². The lowest BCUT2D eigenvalue weighted by molar-refractivity contribution is -0.129. The van der Waals surface area contributed by atoms with Crippen LogP contribution in [0.15, 0.2) is 10.5 Å². The Labute approximate surface area is 121 Å². The van der Waals surface area contributed by atoms with Crippen molar-refractivity contribution in [2.45, 2.75) is 33.7 Å². The Balaban J connectivity index is 2.47. The van der Waals surface area contributed by atoms with Gasteiger partial charge in [-0.05, 0) is 36.1 Å². The maximum Gasteiger partial charge on any atom is 0.221 e. The van der Waals surface area contributed by atoms with Crippen molar-refractivity contribution in [1.82, 2.24) is 4.90 Å². The van der Waals surface area contributed by atoms with E-state index in [0.29, 0.717) is 13.1 Å². The van der Waals surface area contributed by atoms with Crippen molar-refractivity contribution in [1.29, 1.82) is 0 Å². The van der Waals surface area contributed by atoms with E-state index in [9.17, 15) is 9.59 Å². The number of hydrogen-bond donors (Lipinski definition) is 1. The molecule has 0 spiro atoms. The van der Waals surface area contributed by atoms with Crippen LogP contribution in [-0.2, 0) is 22.6 Å². The van der Waals surface area contributed by atoms with Crippen LogP contribution >= 0.6 is 15.9 Å². The largest absolute Gasteiger partial charge is 0.338 e. The summed E-state index contributed by atoms with van der Waals surface area (Å²) >= 11 is 3.56. The molecule has 2 rings (SSSR count). The van der Waals surface area contributed by atoms with Crippen LogP contribution in [0, 0.1) is 6.92 Å². The van der Waals surface area contributed by atoms with E-state index in [1.165, 1.54) is 6.92 Å². The van der Waals surface area contributed by atoms with Crippen molar-refractivity contribution in [2.24, 2.45) is 0 Å². The molecule has 2 amide bonds. The molecule has 102 valence electrons. The summed E-state index contributed by atoms with van der Waals surface area (Å²) in [6, 6.07) is 1.99. The maximum absolute atomic E-state index is 11.5. The van der Waals surface area contributed by atoms with E-state index in [2.05, 4.69) is 21.2 Å². The molecule has 1 heterocycles. The highest BCUT2D eigenvalue weighted by Crippen LogP contribution is 2.35. The number of carbonyl (C=O) groups is 2. The zero-order valence-corrected chi connectivity index (χ0v) is 12.9. The smallest absolute Gasteiger partial charge is 0.221 e. The number of benzene rings is 1. The van der Waals surface area contributed by atoms with Gasteiger partial charge in [0.15, 0.2) is 0 Å². The number of carbonyl (C=O) groups excluding carboxylic acids is 2. The summed E-state index contributed by atoms with van der Waals surface area (Å²) in [7, 11) is 0. The number of nitrogens with one attached hydrogen (secondary N) is 1. The van der Waals surface area contributed by atoms with Gasteiger partial charge in [-0.15, -0.1) is 0 Å². The van der Waals surface area contributed by atoms with E-state index in [1.807, 2.05) is 17.9 Å². The first-order chi connectivity index (χ1) is 8.90. The summed E-state index contributed by atoms with van der Waals surface area (Å²) in [6.45, 7) is 6.37. The van der Waals surface area contributed by atoms with Gasteiger partial charge in [-0.1, -0.05) is 15.9 Å². The van der Waals surface area contributed by atoms with Crippen molar-refractivity contribution in [2.75, 3.05) is 11.9 Å². The third-order valence-corrected chi connectivity index (χ3v) is 4.13. The average molecular weight is 325 g/mol. The van der Waals surface area contributed by atoms with Crippen molar-refractivity contribution in [3.8, 4) is 0 Å². The highest BCUT2D eigenvalue weighted by Gasteiger charge is 2.24. The molecule has 1 N–H and O–H groups in total. The third-order valence-electron chi connectivity index (χ3n) is 3.42. The number of anilines is 1. The molecule has 0 fully saturated rings. The van der Waals surface area contributed by atoms with Crippen LogP contribution < -0.4 is 5.32 Å². The number of aryl methyl sites for hydroxylation is 1. The van der Waals surface area contributed by atoms with Gasteiger partial charge in [-0.25, -0.2) is 0 Å². The summed E-state index contributed by atoms with van der Waals surface area (Å²) in [5.74, 6) is 0.0147. The third kappa shape index (κ3) is 2.81. The molecule has 0 bridgehead atoms. The fourth-order valence-electron chi connectivity index (χ4n) is 2.46. The fraction of sp³-hybridized carbons (Fsp3) is 0.429. The van der Waals surface area contributed by atoms with E-state index in [4.69, 9.17) is 0 Å². The number of hydrogen-bond acceptors (Lipinski definition) is 2. The molecule has 1 aromatic carbocycles. The minimum Gasteiger partial charge on any atom is -0.338 e. The van der Waals surface area contributed by atoms with Crippen LogP contribution in [0.3, 0.4) is 0 Å². The molecule has 0 unspecified atom stereocenters. The predicted molar refractivity (Wildman–Crippen MR) is 78.0 cm³/mol. The van der Waals surface area contributed by atoms with Crippen LogP contribution in [0.2, 0.25) is 0 Å². The van der Waals surface area contributed by atoms with Gasteiger partial charge in [-0.3, -0.25) is 9.59 Å². The standard InChI is InChI=1S/C14H17BrN2O2/c1-8-6-13(15)12-7-17(10(3)19)5-4-11(12)14(8)16-9(2)18/h6H,4-5,7H2,1-3H3,(H,16,18).